The summed E-state index contributed by atoms with van der Waals surface area (Å²) in [5.74, 6) is 0.549. The van der Waals surface area contributed by atoms with E-state index < -0.39 is 13.3 Å². The Labute approximate surface area is 92.0 Å². The zero-order valence-corrected chi connectivity index (χ0v) is 8.62. The van der Waals surface area contributed by atoms with Gasteiger partial charge in [0.25, 0.3) is 0 Å². The van der Waals surface area contributed by atoms with Gasteiger partial charge in [-0.25, -0.2) is 8.78 Å². The number of halogens is 2. The quantitative estimate of drug-likeness (QED) is 0.673. The van der Waals surface area contributed by atoms with E-state index >= 15 is 0 Å². The van der Waals surface area contributed by atoms with Gasteiger partial charge in [-0.05, 0) is 18.2 Å². The molecular formula is C11H12F2O3. The summed E-state index contributed by atoms with van der Waals surface area (Å²) < 4.78 is 34.0. The van der Waals surface area contributed by atoms with Gasteiger partial charge in [0, 0.05) is 5.56 Å². The third-order valence-corrected chi connectivity index (χ3v) is 1.77. The van der Waals surface area contributed by atoms with E-state index in [0.717, 1.165) is 0 Å². The highest BCUT2D eigenvalue weighted by atomic mass is 19.1. The van der Waals surface area contributed by atoms with Gasteiger partial charge in [-0.15, -0.1) is 0 Å². The topological polar surface area (TPSA) is 35.5 Å². The van der Waals surface area contributed by atoms with Gasteiger partial charge >= 0.3 is 0 Å². The lowest BCUT2D eigenvalue weighted by Gasteiger charge is -2.11. The fraction of sp³-hybridized carbons (Fsp3) is 0.364. The molecule has 0 fully saturated rings. The van der Waals surface area contributed by atoms with Gasteiger partial charge < -0.3 is 9.47 Å². The maximum absolute atomic E-state index is 11.9. The molecule has 88 valence electrons. The molecule has 0 unspecified atom stereocenters. The van der Waals surface area contributed by atoms with Gasteiger partial charge in [-0.3, -0.25) is 4.79 Å². The molecule has 0 amide bonds. The first kappa shape index (κ1) is 12.4. The molecule has 1 rings (SSSR count). The van der Waals surface area contributed by atoms with E-state index in [0.29, 0.717) is 17.6 Å². The van der Waals surface area contributed by atoms with Crippen LogP contribution in [0.4, 0.5) is 8.78 Å². The summed E-state index contributed by atoms with van der Waals surface area (Å²) in [5, 5.41) is 0. The van der Waals surface area contributed by atoms with Crippen LogP contribution in [0.25, 0.3) is 0 Å². The highest BCUT2D eigenvalue weighted by Gasteiger charge is 2.06. The average molecular weight is 230 g/mol. The number of hydrogen-bond donors (Lipinski definition) is 0. The van der Waals surface area contributed by atoms with Crippen molar-refractivity contribution in [2.45, 2.75) is 0 Å². The van der Waals surface area contributed by atoms with E-state index in [-0.39, 0.29) is 19.0 Å². The van der Waals surface area contributed by atoms with Crippen molar-refractivity contribution in [3.05, 3.63) is 23.8 Å². The Kier molecular flexibility index (Phi) is 5.25. The largest absolute Gasteiger partial charge is 0.487 e. The van der Waals surface area contributed by atoms with E-state index in [4.69, 9.17) is 9.47 Å². The van der Waals surface area contributed by atoms with Gasteiger partial charge in [-0.1, -0.05) is 0 Å². The van der Waals surface area contributed by atoms with Crippen molar-refractivity contribution in [1.29, 1.82) is 0 Å². The first-order valence-corrected chi connectivity index (χ1v) is 4.78. The second-order valence-corrected chi connectivity index (χ2v) is 2.90. The number of benzene rings is 1. The lowest BCUT2D eigenvalue weighted by Crippen LogP contribution is -2.04. The van der Waals surface area contributed by atoms with Crippen LogP contribution < -0.4 is 9.47 Å². The number of carbonyl (C=O) groups is 1. The predicted octanol–water partition coefficient (Wildman–Crippen LogP) is 2.20. The molecule has 0 N–H and O–H groups in total. The Balaban J connectivity index is 2.82. The van der Waals surface area contributed by atoms with Crippen molar-refractivity contribution in [3.8, 4) is 11.5 Å². The molecule has 0 radical (unpaired) electrons. The molecule has 0 aliphatic heterocycles. The number of rotatable bonds is 7. The normalized spacial score (nSPS) is 9.88. The summed E-state index contributed by atoms with van der Waals surface area (Å²) >= 11 is 0. The molecular weight excluding hydrogens is 218 g/mol. The van der Waals surface area contributed by atoms with Crippen molar-refractivity contribution >= 4 is 6.29 Å². The minimum absolute atomic E-state index is 0.105. The van der Waals surface area contributed by atoms with Crippen molar-refractivity contribution in [2.75, 3.05) is 26.6 Å². The number of carbonyl (C=O) groups excluding carboxylic acids is 1. The maximum atomic E-state index is 11.9. The molecule has 0 aliphatic carbocycles. The van der Waals surface area contributed by atoms with Crippen LogP contribution in [0.3, 0.4) is 0 Å². The Morgan fingerprint density at radius 2 is 1.69 bits per heavy atom. The highest BCUT2D eigenvalue weighted by Crippen LogP contribution is 2.27. The van der Waals surface area contributed by atoms with Crippen LogP contribution >= 0.6 is 0 Å². The van der Waals surface area contributed by atoms with Crippen molar-refractivity contribution < 1.29 is 23.0 Å². The van der Waals surface area contributed by atoms with Crippen LogP contribution in [0.5, 0.6) is 11.5 Å². The van der Waals surface area contributed by atoms with Crippen molar-refractivity contribution in [2.24, 2.45) is 0 Å². The summed E-state index contributed by atoms with van der Waals surface area (Å²) in [6.45, 7) is -1.51. The number of hydrogen-bond acceptors (Lipinski definition) is 3. The van der Waals surface area contributed by atoms with Gasteiger partial charge in [0.2, 0.25) is 0 Å². The van der Waals surface area contributed by atoms with Crippen molar-refractivity contribution in [3.63, 3.8) is 0 Å². The smallest absolute Gasteiger partial charge is 0.162 e. The molecule has 5 heteroatoms. The zero-order valence-electron chi connectivity index (χ0n) is 8.62. The molecule has 0 spiro atoms. The van der Waals surface area contributed by atoms with Crippen LogP contribution in [-0.2, 0) is 0 Å². The maximum Gasteiger partial charge on any atom is 0.162 e. The molecule has 1 aromatic rings. The first-order chi connectivity index (χ1) is 7.81. The van der Waals surface area contributed by atoms with Crippen LogP contribution in [0.2, 0.25) is 0 Å². The van der Waals surface area contributed by atoms with Crippen LogP contribution in [0.15, 0.2) is 18.2 Å². The van der Waals surface area contributed by atoms with Crippen molar-refractivity contribution in [1.82, 2.24) is 0 Å². The molecule has 0 aromatic heterocycles. The number of ether oxygens (including phenoxy) is 2. The third kappa shape index (κ3) is 3.49. The molecule has 0 atom stereocenters. The SMILES string of the molecule is O=Cc1ccc(OCCF)c(OCCF)c1. The minimum atomic E-state index is -0.645. The van der Waals surface area contributed by atoms with E-state index in [1.54, 1.807) is 0 Å². The lowest BCUT2D eigenvalue weighted by atomic mass is 10.2. The van der Waals surface area contributed by atoms with Gasteiger partial charge in [0.15, 0.2) is 11.5 Å². The highest BCUT2D eigenvalue weighted by molar-refractivity contribution is 5.76. The Morgan fingerprint density at radius 1 is 1.06 bits per heavy atom. The Hall–Kier alpha value is -1.65. The Morgan fingerprint density at radius 3 is 2.25 bits per heavy atom. The number of aldehydes is 1. The predicted molar refractivity (Wildman–Crippen MR) is 54.8 cm³/mol. The molecule has 0 saturated heterocycles. The summed E-state index contributed by atoms with van der Waals surface area (Å²) in [4.78, 5) is 10.5. The summed E-state index contributed by atoms with van der Waals surface area (Å²) in [5.41, 5.74) is 0.390. The monoisotopic (exact) mass is 230 g/mol. The first-order valence-electron chi connectivity index (χ1n) is 4.78. The van der Waals surface area contributed by atoms with Crippen LogP contribution in [0.1, 0.15) is 10.4 Å². The fourth-order valence-corrected chi connectivity index (χ4v) is 1.13. The summed E-state index contributed by atoms with van der Waals surface area (Å²) in [6.07, 6.45) is 0.640. The molecule has 0 bridgehead atoms. The summed E-state index contributed by atoms with van der Waals surface area (Å²) in [6, 6.07) is 4.44. The molecule has 16 heavy (non-hydrogen) atoms. The van der Waals surface area contributed by atoms with Crippen LogP contribution in [0, 0.1) is 0 Å². The van der Waals surface area contributed by atoms with Crippen LogP contribution in [-0.4, -0.2) is 32.8 Å². The zero-order chi connectivity index (χ0) is 11.8. The lowest BCUT2D eigenvalue weighted by molar-refractivity contribution is 0.112. The van der Waals surface area contributed by atoms with Gasteiger partial charge in [0.05, 0.1) is 0 Å². The van der Waals surface area contributed by atoms with E-state index in [2.05, 4.69) is 0 Å². The van der Waals surface area contributed by atoms with Gasteiger partial charge in [0.1, 0.15) is 32.8 Å². The molecule has 0 aliphatic rings. The molecule has 1 aromatic carbocycles. The molecule has 3 nitrogen and oxygen atoms in total. The number of alkyl halides is 2. The van der Waals surface area contributed by atoms with E-state index in [1.807, 2.05) is 0 Å². The molecule has 0 saturated carbocycles. The van der Waals surface area contributed by atoms with Gasteiger partial charge in [-0.2, -0.15) is 0 Å². The summed E-state index contributed by atoms with van der Waals surface area (Å²) in [7, 11) is 0. The third-order valence-electron chi connectivity index (χ3n) is 1.77. The minimum Gasteiger partial charge on any atom is -0.487 e. The molecule has 0 heterocycles. The Bertz CT molecular complexity index is 342. The average Bonchev–Trinajstić information content (AvgIpc) is 2.34. The van der Waals surface area contributed by atoms with E-state index in [9.17, 15) is 13.6 Å². The second kappa shape index (κ2) is 6.76. The van der Waals surface area contributed by atoms with E-state index in [1.165, 1.54) is 18.2 Å². The second-order valence-electron chi connectivity index (χ2n) is 2.90. The fourth-order valence-electron chi connectivity index (χ4n) is 1.13. The standard InChI is InChI=1S/C11H12F2O3/c12-3-5-15-10-2-1-9(8-14)7-11(10)16-6-4-13/h1-2,7-8H,3-6H2.